The molecule has 2 aromatic carbocycles. The zero-order valence-electron chi connectivity index (χ0n) is 25.6. The molecule has 2 aliphatic heterocycles. The summed E-state index contributed by atoms with van der Waals surface area (Å²) >= 11 is 0. The van der Waals surface area contributed by atoms with Crippen LogP contribution in [0.4, 0.5) is 5.69 Å². The van der Waals surface area contributed by atoms with E-state index in [2.05, 4.69) is 53.5 Å². The predicted octanol–water partition coefficient (Wildman–Crippen LogP) is 4.17. The van der Waals surface area contributed by atoms with Gasteiger partial charge in [0.05, 0.1) is 51.4 Å². The molecular formula is C33H48N2O7. The molecule has 232 valence electrons. The Bertz CT molecular complexity index is 1100. The van der Waals surface area contributed by atoms with Crippen LogP contribution in [0, 0.1) is 11.8 Å². The molecule has 1 saturated heterocycles. The fourth-order valence-corrected chi connectivity index (χ4v) is 5.79. The van der Waals surface area contributed by atoms with Crippen molar-refractivity contribution in [3.8, 4) is 5.75 Å². The van der Waals surface area contributed by atoms with Crippen LogP contribution in [-0.2, 0) is 41.7 Å². The molecule has 0 saturated carbocycles. The van der Waals surface area contributed by atoms with Crippen molar-refractivity contribution < 1.29 is 33.2 Å². The fourth-order valence-electron chi connectivity index (χ4n) is 5.79. The summed E-state index contributed by atoms with van der Waals surface area (Å²) in [6.45, 7) is 11.0. The molecule has 1 fully saturated rings. The maximum Gasteiger partial charge on any atom is 0.302 e. The number of anilines is 1. The van der Waals surface area contributed by atoms with Crippen molar-refractivity contribution in [2.75, 3.05) is 78.3 Å². The van der Waals surface area contributed by atoms with E-state index >= 15 is 0 Å². The van der Waals surface area contributed by atoms with Gasteiger partial charge in [0.15, 0.2) is 0 Å². The molecule has 0 aliphatic carbocycles. The van der Waals surface area contributed by atoms with Gasteiger partial charge in [0, 0.05) is 65.1 Å². The minimum atomic E-state index is -0.265. The molecular weight excluding hydrogens is 536 g/mol. The Balaban J connectivity index is 1.44. The van der Waals surface area contributed by atoms with Crippen LogP contribution >= 0.6 is 0 Å². The van der Waals surface area contributed by atoms with Gasteiger partial charge < -0.3 is 38.6 Å². The molecule has 0 radical (unpaired) electrons. The van der Waals surface area contributed by atoms with Gasteiger partial charge in [0.25, 0.3) is 0 Å². The molecule has 2 aromatic rings. The van der Waals surface area contributed by atoms with E-state index in [-0.39, 0.29) is 23.9 Å². The molecule has 0 bridgehead atoms. The van der Waals surface area contributed by atoms with Gasteiger partial charge in [-0.2, -0.15) is 0 Å². The Kier molecular flexibility index (Phi) is 12.9. The molecule has 2 aliphatic rings. The fraction of sp³-hybridized carbons (Fsp3) is 0.606. The van der Waals surface area contributed by atoms with E-state index in [1.165, 1.54) is 12.5 Å². The van der Waals surface area contributed by atoms with Crippen molar-refractivity contribution in [2.24, 2.45) is 11.8 Å². The van der Waals surface area contributed by atoms with E-state index < -0.39 is 0 Å². The summed E-state index contributed by atoms with van der Waals surface area (Å²) in [6.07, 6.45) is 0.884. The highest BCUT2D eigenvalue weighted by Crippen LogP contribution is 2.36. The summed E-state index contributed by atoms with van der Waals surface area (Å²) in [7, 11) is 3.45. The molecule has 0 amide bonds. The number of nitrogens with one attached hydrogen (secondary N) is 1. The van der Waals surface area contributed by atoms with Crippen molar-refractivity contribution in [2.45, 2.75) is 45.5 Å². The van der Waals surface area contributed by atoms with Gasteiger partial charge in [-0.15, -0.1) is 0 Å². The summed E-state index contributed by atoms with van der Waals surface area (Å²) in [5.74, 6) is 1.17. The van der Waals surface area contributed by atoms with E-state index in [0.717, 1.165) is 61.8 Å². The van der Waals surface area contributed by atoms with Crippen LogP contribution < -0.4 is 15.0 Å². The van der Waals surface area contributed by atoms with Crippen LogP contribution in [0.3, 0.4) is 0 Å². The number of ether oxygens (including phenoxy) is 6. The summed E-state index contributed by atoms with van der Waals surface area (Å²) < 4.78 is 34.4. The highest BCUT2D eigenvalue weighted by Gasteiger charge is 2.36. The highest BCUT2D eigenvalue weighted by atomic mass is 16.5. The number of rotatable bonds is 16. The summed E-state index contributed by atoms with van der Waals surface area (Å²) in [4.78, 5) is 14.0. The zero-order chi connectivity index (χ0) is 29.7. The SMILES string of the molecule is COCCCN1CCOc2ccc(CO[C@H]3CNC[C@@H](COC(C)=O)[C@@H]3c3ccc(COC[C@@H](C)COC)cc3)cc21. The average Bonchev–Trinajstić information content (AvgIpc) is 2.99. The van der Waals surface area contributed by atoms with Gasteiger partial charge in [0.2, 0.25) is 0 Å². The monoisotopic (exact) mass is 584 g/mol. The van der Waals surface area contributed by atoms with Gasteiger partial charge in [-0.3, -0.25) is 4.79 Å². The number of esters is 1. The Labute approximate surface area is 250 Å². The second-order valence-electron chi connectivity index (χ2n) is 11.4. The molecule has 9 heteroatoms. The van der Waals surface area contributed by atoms with Crippen molar-refractivity contribution in [3.05, 3.63) is 59.2 Å². The van der Waals surface area contributed by atoms with E-state index in [1.807, 2.05) is 6.07 Å². The maximum absolute atomic E-state index is 11.7. The minimum absolute atomic E-state index is 0.0776. The number of piperidine rings is 1. The third-order valence-corrected chi connectivity index (χ3v) is 7.87. The number of fused-ring (bicyclic) bond motifs is 1. The van der Waals surface area contributed by atoms with E-state index in [0.29, 0.717) is 45.6 Å². The van der Waals surface area contributed by atoms with Crippen molar-refractivity contribution in [3.63, 3.8) is 0 Å². The first-order valence-electron chi connectivity index (χ1n) is 15.1. The maximum atomic E-state index is 11.7. The van der Waals surface area contributed by atoms with Crippen molar-refractivity contribution >= 4 is 11.7 Å². The molecule has 1 N–H and O–H groups in total. The lowest BCUT2D eigenvalue weighted by atomic mass is 9.79. The number of hydrogen-bond donors (Lipinski definition) is 1. The van der Waals surface area contributed by atoms with Crippen molar-refractivity contribution in [1.82, 2.24) is 5.32 Å². The van der Waals surface area contributed by atoms with E-state index in [4.69, 9.17) is 28.4 Å². The molecule has 4 atom stereocenters. The lowest BCUT2D eigenvalue weighted by molar-refractivity contribution is -0.143. The van der Waals surface area contributed by atoms with Crippen LogP contribution in [0.15, 0.2) is 42.5 Å². The second-order valence-corrected chi connectivity index (χ2v) is 11.4. The third-order valence-electron chi connectivity index (χ3n) is 7.87. The number of benzene rings is 2. The van der Waals surface area contributed by atoms with Gasteiger partial charge in [0.1, 0.15) is 12.4 Å². The first-order chi connectivity index (χ1) is 20.5. The highest BCUT2D eigenvalue weighted by molar-refractivity contribution is 5.65. The molecule has 2 heterocycles. The molecule has 0 spiro atoms. The number of hydrogen-bond acceptors (Lipinski definition) is 9. The Morgan fingerprint density at radius 1 is 1.05 bits per heavy atom. The van der Waals surface area contributed by atoms with E-state index in [1.54, 1.807) is 14.2 Å². The number of nitrogens with zero attached hydrogens (tertiary/aromatic N) is 1. The average molecular weight is 585 g/mol. The lowest BCUT2D eigenvalue weighted by Gasteiger charge is -2.39. The predicted molar refractivity (Wildman–Crippen MR) is 162 cm³/mol. The number of methoxy groups -OCH3 is 2. The van der Waals surface area contributed by atoms with Gasteiger partial charge in [-0.05, 0) is 35.2 Å². The lowest BCUT2D eigenvalue weighted by Crippen LogP contribution is -2.48. The standard InChI is InChI=1S/C33H48N2O7/c1-24(19-38-4)20-39-21-26-6-9-28(10-7-26)33-29(23-41-25(2)36)17-34-18-32(33)42-22-27-8-11-31-30(16-27)35(13-15-40-31)12-5-14-37-3/h6-11,16,24,29,32-34H,5,12-15,17-23H2,1-4H3/t24-,29-,32-,33-/m0/s1. The molecule has 4 rings (SSSR count). The van der Waals surface area contributed by atoms with Gasteiger partial charge in [-0.1, -0.05) is 37.3 Å². The van der Waals surface area contributed by atoms with E-state index in [9.17, 15) is 4.79 Å². The van der Waals surface area contributed by atoms with Crippen LogP contribution in [0.2, 0.25) is 0 Å². The first-order valence-corrected chi connectivity index (χ1v) is 15.1. The normalized spacial score (nSPS) is 21.0. The largest absolute Gasteiger partial charge is 0.490 e. The third kappa shape index (κ3) is 9.41. The number of carbonyl (C=O) groups is 1. The quantitative estimate of drug-likeness (QED) is 0.231. The summed E-state index contributed by atoms with van der Waals surface area (Å²) in [5, 5.41) is 3.50. The molecule has 0 aromatic heterocycles. The second kappa shape index (κ2) is 16.8. The summed E-state index contributed by atoms with van der Waals surface area (Å²) in [5.41, 5.74) is 4.52. The minimum Gasteiger partial charge on any atom is -0.490 e. The van der Waals surface area contributed by atoms with Crippen LogP contribution in [0.5, 0.6) is 5.75 Å². The Morgan fingerprint density at radius 2 is 1.86 bits per heavy atom. The van der Waals surface area contributed by atoms with Gasteiger partial charge >= 0.3 is 5.97 Å². The zero-order valence-corrected chi connectivity index (χ0v) is 25.6. The van der Waals surface area contributed by atoms with Crippen LogP contribution in [-0.4, -0.2) is 85.5 Å². The van der Waals surface area contributed by atoms with Crippen LogP contribution in [0.25, 0.3) is 0 Å². The first kappa shape index (κ1) is 32.2. The van der Waals surface area contributed by atoms with Crippen LogP contribution in [0.1, 0.15) is 42.9 Å². The van der Waals surface area contributed by atoms with Gasteiger partial charge in [-0.25, -0.2) is 0 Å². The molecule has 0 unspecified atom stereocenters. The summed E-state index contributed by atoms with van der Waals surface area (Å²) in [6, 6.07) is 14.9. The Hall–Kier alpha value is -2.69. The Morgan fingerprint density at radius 3 is 2.62 bits per heavy atom. The smallest absolute Gasteiger partial charge is 0.302 e. The molecule has 9 nitrogen and oxygen atoms in total. The van der Waals surface area contributed by atoms with Crippen molar-refractivity contribution in [1.29, 1.82) is 0 Å². The topological polar surface area (TPSA) is 87.7 Å². The molecule has 42 heavy (non-hydrogen) atoms. The number of carbonyl (C=O) groups excluding carboxylic acids is 1.